The van der Waals surface area contributed by atoms with Gasteiger partial charge in [0.25, 0.3) is 5.91 Å². The van der Waals surface area contributed by atoms with E-state index >= 15 is 0 Å². The number of ether oxygens (including phenoxy) is 2. The van der Waals surface area contributed by atoms with Gasteiger partial charge in [0.15, 0.2) is 6.29 Å². The molecule has 6 nitrogen and oxygen atoms in total. The van der Waals surface area contributed by atoms with Gasteiger partial charge >= 0.3 is 0 Å². The summed E-state index contributed by atoms with van der Waals surface area (Å²) < 4.78 is 11.7. The number of pyridine rings is 1. The van der Waals surface area contributed by atoms with Gasteiger partial charge in [-0.2, -0.15) is 0 Å². The lowest BCUT2D eigenvalue weighted by atomic mass is 10.3. The molecule has 2 aromatic heterocycles. The lowest BCUT2D eigenvalue weighted by Gasteiger charge is -2.14. The predicted octanol–water partition coefficient (Wildman–Crippen LogP) is 1.64. The van der Waals surface area contributed by atoms with E-state index in [0.717, 1.165) is 0 Å². The first-order valence-electron chi connectivity index (χ1n) is 6.04. The lowest BCUT2D eigenvalue weighted by Crippen LogP contribution is -2.35. The maximum atomic E-state index is 12.3. The average Bonchev–Trinajstić information content (AvgIpc) is 2.75. The molecule has 0 bridgehead atoms. The molecule has 20 heavy (non-hydrogen) atoms. The van der Waals surface area contributed by atoms with Gasteiger partial charge in [-0.15, -0.1) is 0 Å². The van der Waals surface area contributed by atoms with Crippen LogP contribution in [0.4, 0.5) is 0 Å². The molecule has 0 aliphatic rings. The predicted molar refractivity (Wildman–Crippen MR) is 75.1 cm³/mol. The number of nitrogens with one attached hydrogen (secondary N) is 1. The number of amides is 1. The number of fused-ring (bicyclic) bond motifs is 1. The summed E-state index contributed by atoms with van der Waals surface area (Å²) in [5.41, 5.74) is 1.76. The Morgan fingerprint density at radius 3 is 2.80 bits per heavy atom. The van der Waals surface area contributed by atoms with Crippen molar-refractivity contribution in [3.05, 3.63) is 34.7 Å². The van der Waals surface area contributed by atoms with E-state index in [-0.39, 0.29) is 12.5 Å². The van der Waals surface area contributed by atoms with Crippen molar-refractivity contribution in [3.63, 3.8) is 0 Å². The van der Waals surface area contributed by atoms with Crippen molar-refractivity contribution >= 4 is 23.2 Å². The molecular weight excluding hydrogens is 282 g/mol. The lowest BCUT2D eigenvalue weighted by molar-refractivity contribution is -0.0974. The highest BCUT2D eigenvalue weighted by Gasteiger charge is 2.17. The van der Waals surface area contributed by atoms with Crippen LogP contribution in [0.25, 0.3) is 5.65 Å². The van der Waals surface area contributed by atoms with Gasteiger partial charge in [-0.25, -0.2) is 4.98 Å². The Morgan fingerprint density at radius 2 is 2.15 bits per heavy atom. The first-order chi connectivity index (χ1) is 9.56. The molecule has 0 aromatic carbocycles. The number of carbonyl (C=O) groups excluding carboxylic acids is 1. The molecular formula is C13H16ClN3O3. The van der Waals surface area contributed by atoms with E-state index in [2.05, 4.69) is 10.3 Å². The van der Waals surface area contributed by atoms with Gasteiger partial charge in [0.2, 0.25) is 0 Å². The van der Waals surface area contributed by atoms with Crippen molar-refractivity contribution < 1.29 is 14.3 Å². The van der Waals surface area contributed by atoms with Crippen molar-refractivity contribution in [1.82, 2.24) is 14.7 Å². The van der Waals surface area contributed by atoms with Crippen LogP contribution < -0.4 is 5.32 Å². The van der Waals surface area contributed by atoms with E-state index in [4.69, 9.17) is 21.1 Å². The minimum atomic E-state index is -0.484. The Hall–Kier alpha value is -1.63. The second-order valence-corrected chi connectivity index (χ2v) is 4.67. The molecule has 0 saturated carbocycles. The smallest absolute Gasteiger partial charge is 0.270 e. The van der Waals surface area contributed by atoms with Crippen LogP contribution in [-0.2, 0) is 9.47 Å². The zero-order valence-electron chi connectivity index (χ0n) is 11.5. The molecule has 0 fully saturated rings. The van der Waals surface area contributed by atoms with Crippen LogP contribution in [0.15, 0.2) is 18.3 Å². The summed E-state index contributed by atoms with van der Waals surface area (Å²) in [5.74, 6) is -0.253. The first-order valence-corrected chi connectivity index (χ1v) is 6.42. The van der Waals surface area contributed by atoms with Crippen LogP contribution in [0.2, 0.25) is 5.02 Å². The van der Waals surface area contributed by atoms with Gasteiger partial charge < -0.3 is 14.8 Å². The zero-order chi connectivity index (χ0) is 14.7. The van der Waals surface area contributed by atoms with E-state index < -0.39 is 6.29 Å². The molecule has 0 saturated heterocycles. The Morgan fingerprint density at radius 1 is 1.45 bits per heavy atom. The molecule has 0 unspecified atom stereocenters. The van der Waals surface area contributed by atoms with Crippen molar-refractivity contribution in [2.45, 2.75) is 13.2 Å². The summed E-state index contributed by atoms with van der Waals surface area (Å²) >= 11 is 5.96. The minimum absolute atomic E-state index is 0.249. The number of nitrogens with zero attached hydrogens (tertiary/aromatic N) is 2. The highest BCUT2D eigenvalue weighted by Crippen LogP contribution is 2.16. The summed E-state index contributed by atoms with van der Waals surface area (Å²) in [6.07, 6.45) is 1.18. The van der Waals surface area contributed by atoms with E-state index in [1.54, 1.807) is 29.7 Å². The summed E-state index contributed by atoms with van der Waals surface area (Å²) in [6.45, 7) is 2.03. The molecule has 2 aromatic rings. The quantitative estimate of drug-likeness (QED) is 0.852. The Labute approximate surface area is 121 Å². The van der Waals surface area contributed by atoms with Crippen LogP contribution in [0.3, 0.4) is 0 Å². The van der Waals surface area contributed by atoms with Crippen molar-refractivity contribution in [2.24, 2.45) is 0 Å². The average molecular weight is 298 g/mol. The monoisotopic (exact) mass is 297 g/mol. The largest absolute Gasteiger partial charge is 0.354 e. The second kappa shape index (κ2) is 6.21. The number of aromatic nitrogens is 2. The standard InChI is InChI=1S/C13H16ClN3O3/c1-8-12(13(18)15-6-11(19-2)20-3)17-7-9(14)4-5-10(17)16-8/h4-5,7,11H,6H2,1-3H3,(H,15,18). The van der Waals surface area contributed by atoms with Crippen molar-refractivity contribution in [1.29, 1.82) is 0 Å². The SMILES string of the molecule is COC(CNC(=O)c1c(C)nc2ccc(Cl)cn12)OC. The molecule has 1 amide bonds. The summed E-state index contributed by atoms with van der Waals surface area (Å²) in [5, 5.41) is 3.28. The third-order valence-electron chi connectivity index (χ3n) is 2.93. The molecule has 2 rings (SSSR count). The summed E-state index contributed by atoms with van der Waals surface area (Å²) in [6, 6.07) is 3.50. The number of aryl methyl sites for hydroxylation is 1. The molecule has 108 valence electrons. The normalized spacial score (nSPS) is 11.2. The van der Waals surface area contributed by atoms with Gasteiger partial charge in [0.1, 0.15) is 11.3 Å². The van der Waals surface area contributed by atoms with Gasteiger partial charge in [-0.1, -0.05) is 11.6 Å². The van der Waals surface area contributed by atoms with Gasteiger partial charge in [0, 0.05) is 20.4 Å². The third kappa shape index (κ3) is 2.92. The molecule has 2 heterocycles. The molecule has 0 aliphatic heterocycles. The maximum absolute atomic E-state index is 12.3. The molecule has 7 heteroatoms. The first kappa shape index (κ1) is 14.8. The summed E-state index contributed by atoms with van der Waals surface area (Å²) in [7, 11) is 3.03. The van der Waals surface area contributed by atoms with E-state index in [1.165, 1.54) is 14.2 Å². The Bertz CT molecular complexity index is 623. The van der Waals surface area contributed by atoms with Crippen LogP contribution in [0, 0.1) is 6.92 Å². The molecule has 1 N–H and O–H groups in total. The highest BCUT2D eigenvalue weighted by molar-refractivity contribution is 6.30. The van der Waals surface area contributed by atoms with Crippen LogP contribution in [0.1, 0.15) is 16.2 Å². The number of methoxy groups -OCH3 is 2. The fraction of sp³-hybridized carbons (Fsp3) is 0.385. The minimum Gasteiger partial charge on any atom is -0.354 e. The third-order valence-corrected chi connectivity index (χ3v) is 3.15. The van der Waals surface area contributed by atoms with Crippen LogP contribution in [-0.4, -0.2) is 42.3 Å². The van der Waals surface area contributed by atoms with E-state index in [0.29, 0.717) is 22.1 Å². The molecule has 0 radical (unpaired) electrons. The molecule has 0 aliphatic carbocycles. The topological polar surface area (TPSA) is 64.9 Å². The van der Waals surface area contributed by atoms with Crippen molar-refractivity contribution in [3.8, 4) is 0 Å². The van der Waals surface area contributed by atoms with Gasteiger partial charge in [0.05, 0.1) is 17.3 Å². The van der Waals surface area contributed by atoms with E-state index in [9.17, 15) is 4.79 Å². The van der Waals surface area contributed by atoms with Gasteiger partial charge in [-0.05, 0) is 19.1 Å². The summed E-state index contributed by atoms with van der Waals surface area (Å²) in [4.78, 5) is 16.6. The fourth-order valence-electron chi connectivity index (χ4n) is 1.93. The number of hydrogen-bond acceptors (Lipinski definition) is 4. The highest BCUT2D eigenvalue weighted by atomic mass is 35.5. The van der Waals surface area contributed by atoms with Gasteiger partial charge in [-0.3, -0.25) is 9.20 Å². The Balaban J connectivity index is 2.25. The second-order valence-electron chi connectivity index (χ2n) is 4.23. The number of rotatable bonds is 5. The molecule has 0 spiro atoms. The zero-order valence-corrected chi connectivity index (χ0v) is 12.3. The Kier molecular flexibility index (Phi) is 4.59. The van der Waals surface area contributed by atoms with Crippen LogP contribution in [0.5, 0.6) is 0 Å². The number of imidazole rings is 1. The fourth-order valence-corrected chi connectivity index (χ4v) is 2.09. The molecule has 0 atom stereocenters. The maximum Gasteiger partial charge on any atom is 0.270 e. The number of hydrogen-bond donors (Lipinski definition) is 1. The van der Waals surface area contributed by atoms with E-state index in [1.807, 2.05) is 0 Å². The van der Waals surface area contributed by atoms with Crippen LogP contribution >= 0.6 is 11.6 Å². The number of carbonyl (C=O) groups is 1. The van der Waals surface area contributed by atoms with Crippen molar-refractivity contribution in [2.75, 3.05) is 20.8 Å². The number of halogens is 1.